The second-order valence-electron chi connectivity index (χ2n) is 6.74. The standard InChI is InChI=1S/C17H17F3N4O2.ClH/c18-17(19,20)16-22-14(23-26-16)9-5-6-10-8-24(15(25)11(10)7-9)13-4-2-1-3-12(13)21;/h5-7,12-13H,1-4,8,21H2;1H/t12-,13-;/m0./s1. The van der Waals surface area contributed by atoms with E-state index in [1.165, 1.54) is 6.07 Å². The van der Waals surface area contributed by atoms with Gasteiger partial charge in [0, 0.05) is 29.8 Å². The topological polar surface area (TPSA) is 85.2 Å². The second-order valence-corrected chi connectivity index (χ2v) is 6.74. The molecule has 2 heterocycles. The fourth-order valence-electron chi connectivity index (χ4n) is 3.71. The van der Waals surface area contributed by atoms with Crippen molar-refractivity contribution in [1.29, 1.82) is 0 Å². The average Bonchev–Trinajstić information content (AvgIpc) is 3.21. The third kappa shape index (κ3) is 3.53. The molecule has 0 spiro atoms. The van der Waals surface area contributed by atoms with E-state index in [1.54, 1.807) is 17.0 Å². The first-order valence-corrected chi connectivity index (χ1v) is 8.45. The first-order chi connectivity index (χ1) is 12.3. The Hall–Kier alpha value is -2.13. The number of alkyl halides is 3. The summed E-state index contributed by atoms with van der Waals surface area (Å²) in [6, 6.07) is 4.79. The predicted octanol–water partition coefficient (Wildman–Crippen LogP) is 3.40. The van der Waals surface area contributed by atoms with Crippen molar-refractivity contribution in [3.05, 3.63) is 35.2 Å². The zero-order valence-electron chi connectivity index (χ0n) is 14.2. The largest absolute Gasteiger partial charge is 0.471 e. The van der Waals surface area contributed by atoms with Crippen LogP contribution in [0.2, 0.25) is 0 Å². The van der Waals surface area contributed by atoms with Crippen LogP contribution in [0.3, 0.4) is 0 Å². The molecule has 1 saturated carbocycles. The molecule has 1 aromatic heterocycles. The van der Waals surface area contributed by atoms with Crippen molar-refractivity contribution in [3.63, 3.8) is 0 Å². The maximum Gasteiger partial charge on any atom is 0.471 e. The summed E-state index contributed by atoms with van der Waals surface area (Å²) in [6.07, 6.45) is -0.846. The highest BCUT2D eigenvalue weighted by atomic mass is 35.5. The number of amides is 1. The first kappa shape index (κ1) is 19.6. The lowest BCUT2D eigenvalue weighted by Gasteiger charge is -2.35. The Bertz CT molecular complexity index is 855. The molecule has 1 aliphatic heterocycles. The number of halogens is 4. The highest BCUT2D eigenvalue weighted by Crippen LogP contribution is 2.34. The number of nitrogens with zero attached hydrogens (tertiary/aromatic N) is 3. The van der Waals surface area contributed by atoms with Crippen molar-refractivity contribution in [2.24, 2.45) is 5.73 Å². The van der Waals surface area contributed by atoms with Crippen molar-refractivity contribution in [2.75, 3.05) is 0 Å². The molecule has 1 aromatic carbocycles. The van der Waals surface area contributed by atoms with Gasteiger partial charge in [-0.05, 0) is 24.5 Å². The summed E-state index contributed by atoms with van der Waals surface area (Å²) in [5, 5.41) is 3.37. The third-order valence-electron chi connectivity index (χ3n) is 5.05. The van der Waals surface area contributed by atoms with E-state index in [0.717, 1.165) is 31.2 Å². The number of benzene rings is 1. The van der Waals surface area contributed by atoms with Gasteiger partial charge in [-0.2, -0.15) is 18.2 Å². The van der Waals surface area contributed by atoms with Crippen molar-refractivity contribution in [2.45, 2.75) is 50.5 Å². The van der Waals surface area contributed by atoms with E-state index >= 15 is 0 Å². The van der Waals surface area contributed by atoms with E-state index < -0.39 is 12.1 Å². The summed E-state index contributed by atoms with van der Waals surface area (Å²) in [5.41, 5.74) is 7.79. The molecule has 146 valence electrons. The molecule has 6 nitrogen and oxygen atoms in total. The lowest BCUT2D eigenvalue weighted by atomic mass is 9.90. The molecular formula is C17H18ClF3N4O2. The smallest absolute Gasteiger partial charge is 0.330 e. The van der Waals surface area contributed by atoms with E-state index in [-0.39, 0.29) is 36.2 Å². The molecule has 4 rings (SSSR count). The highest BCUT2D eigenvalue weighted by Gasteiger charge is 2.39. The summed E-state index contributed by atoms with van der Waals surface area (Å²) in [6.45, 7) is 0.465. The van der Waals surface area contributed by atoms with E-state index in [0.29, 0.717) is 17.7 Å². The Balaban J connectivity index is 0.00000210. The average molecular weight is 403 g/mol. The number of carbonyl (C=O) groups is 1. The third-order valence-corrected chi connectivity index (χ3v) is 5.05. The van der Waals surface area contributed by atoms with Gasteiger partial charge in [-0.15, -0.1) is 12.4 Å². The normalized spacial score (nSPS) is 22.5. The number of fused-ring (bicyclic) bond motifs is 1. The van der Waals surface area contributed by atoms with Crippen LogP contribution in [0.4, 0.5) is 13.2 Å². The molecule has 27 heavy (non-hydrogen) atoms. The summed E-state index contributed by atoms with van der Waals surface area (Å²) >= 11 is 0. The van der Waals surface area contributed by atoms with Gasteiger partial charge < -0.3 is 15.2 Å². The predicted molar refractivity (Wildman–Crippen MR) is 92.1 cm³/mol. The summed E-state index contributed by atoms with van der Waals surface area (Å²) in [4.78, 5) is 18.0. The number of hydrogen-bond acceptors (Lipinski definition) is 5. The van der Waals surface area contributed by atoms with Gasteiger partial charge in [-0.25, -0.2) is 0 Å². The number of hydrogen-bond donors (Lipinski definition) is 1. The maximum absolute atomic E-state index is 12.8. The molecule has 2 aliphatic rings. The summed E-state index contributed by atoms with van der Waals surface area (Å²) < 4.78 is 42.1. The number of aromatic nitrogens is 2. The van der Waals surface area contributed by atoms with Crippen LogP contribution in [0.5, 0.6) is 0 Å². The molecule has 0 bridgehead atoms. The summed E-state index contributed by atoms with van der Waals surface area (Å²) in [5.74, 6) is -1.75. The Morgan fingerprint density at radius 3 is 2.63 bits per heavy atom. The SMILES string of the molecule is Cl.N[C@H]1CCCC[C@@H]1N1Cc2ccc(-c3noc(C(F)(F)F)n3)cc2C1=O. The van der Waals surface area contributed by atoms with Crippen molar-refractivity contribution >= 4 is 18.3 Å². The van der Waals surface area contributed by atoms with Gasteiger partial charge in [-0.3, -0.25) is 4.79 Å². The molecule has 1 fully saturated rings. The molecular weight excluding hydrogens is 385 g/mol. The van der Waals surface area contributed by atoms with Gasteiger partial charge in [-0.1, -0.05) is 30.1 Å². The zero-order chi connectivity index (χ0) is 18.5. The molecule has 2 N–H and O–H groups in total. The van der Waals surface area contributed by atoms with Crippen LogP contribution in [0, 0.1) is 0 Å². The minimum atomic E-state index is -4.70. The molecule has 1 amide bonds. The number of carbonyl (C=O) groups excluding carboxylic acids is 1. The highest BCUT2D eigenvalue weighted by molar-refractivity contribution is 5.99. The fraction of sp³-hybridized carbons (Fsp3) is 0.471. The maximum atomic E-state index is 12.8. The molecule has 0 unspecified atom stereocenters. The lowest BCUT2D eigenvalue weighted by molar-refractivity contribution is -0.159. The molecule has 0 saturated heterocycles. The van der Waals surface area contributed by atoms with Gasteiger partial charge in [0.05, 0.1) is 0 Å². The number of nitrogens with two attached hydrogens (primary N) is 1. The monoisotopic (exact) mass is 402 g/mol. The zero-order valence-corrected chi connectivity index (χ0v) is 15.0. The van der Waals surface area contributed by atoms with Crippen molar-refractivity contribution < 1.29 is 22.5 Å². The van der Waals surface area contributed by atoms with Crippen LogP contribution in [0.15, 0.2) is 22.7 Å². The quantitative estimate of drug-likeness (QED) is 0.832. The van der Waals surface area contributed by atoms with Gasteiger partial charge in [0.25, 0.3) is 5.91 Å². The van der Waals surface area contributed by atoms with E-state index in [9.17, 15) is 18.0 Å². The van der Waals surface area contributed by atoms with E-state index in [2.05, 4.69) is 14.7 Å². The van der Waals surface area contributed by atoms with Crippen LogP contribution in [0.1, 0.15) is 47.5 Å². The van der Waals surface area contributed by atoms with Crippen molar-refractivity contribution in [1.82, 2.24) is 15.0 Å². The minimum Gasteiger partial charge on any atom is -0.330 e. The molecule has 0 radical (unpaired) electrons. The summed E-state index contributed by atoms with van der Waals surface area (Å²) in [7, 11) is 0. The van der Waals surface area contributed by atoms with Gasteiger partial charge >= 0.3 is 12.1 Å². The van der Waals surface area contributed by atoms with Crippen LogP contribution < -0.4 is 5.73 Å². The van der Waals surface area contributed by atoms with Crippen LogP contribution in [-0.2, 0) is 12.7 Å². The Labute approximate surface area is 159 Å². The van der Waals surface area contributed by atoms with Crippen LogP contribution in [0.25, 0.3) is 11.4 Å². The van der Waals surface area contributed by atoms with Gasteiger partial charge in [0.1, 0.15) is 0 Å². The molecule has 1 aliphatic carbocycles. The first-order valence-electron chi connectivity index (χ1n) is 8.45. The van der Waals surface area contributed by atoms with Gasteiger partial charge in [0.2, 0.25) is 5.82 Å². The Kier molecular flexibility index (Phi) is 5.18. The Morgan fingerprint density at radius 1 is 1.22 bits per heavy atom. The molecule has 2 aromatic rings. The number of rotatable bonds is 2. The van der Waals surface area contributed by atoms with Gasteiger partial charge in [0.15, 0.2) is 0 Å². The van der Waals surface area contributed by atoms with E-state index in [1.807, 2.05) is 0 Å². The minimum absolute atomic E-state index is 0. The van der Waals surface area contributed by atoms with Crippen LogP contribution >= 0.6 is 12.4 Å². The molecule has 2 atom stereocenters. The fourth-order valence-corrected chi connectivity index (χ4v) is 3.71. The van der Waals surface area contributed by atoms with E-state index in [4.69, 9.17) is 5.73 Å². The van der Waals surface area contributed by atoms with Crippen LogP contribution in [-0.4, -0.2) is 33.0 Å². The Morgan fingerprint density at radius 2 is 1.96 bits per heavy atom. The lowest BCUT2D eigenvalue weighted by Crippen LogP contribution is -2.49. The molecule has 10 heteroatoms. The van der Waals surface area contributed by atoms with Crippen molar-refractivity contribution in [3.8, 4) is 11.4 Å². The second kappa shape index (κ2) is 7.12.